The van der Waals surface area contributed by atoms with Gasteiger partial charge in [0.25, 0.3) is 5.91 Å². The molecule has 2 N–H and O–H groups in total. The number of hydrogen-bond donors (Lipinski definition) is 2. The molecule has 10 heteroatoms. The Kier molecular flexibility index (Phi) is 6.19. The quantitative estimate of drug-likeness (QED) is 0.737. The van der Waals surface area contributed by atoms with E-state index in [-0.39, 0.29) is 39.6 Å². The molecule has 0 spiro atoms. The average Bonchev–Trinajstić information content (AvgIpc) is 3.16. The summed E-state index contributed by atoms with van der Waals surface area (Å²) in [6, 6.07) is 7.49. The second kappa shape index (κ2) is 8.44. The monoisotopic (exact) mass is 428 g/mol. The number of anilines is 1. The third-order valence-corrected chi connectivity index (χ3v) is 6.01. The molecule has 0 unspecified atom stereocenters. The first kappa shape index (κ1) is 20.5. The van der Waals surface area contributed by atoms with Gasteiger partial charge in [0.2, 0.25) is 10.0 Å². The number of methoxy groups -OCH3 is 1. The minimum absolute atomic E-state index is 0.0130. The van der Waals surface area contributed by atoms with E-state index < -0.39 is 21.7 Å². The number of para-hydroxylation sites is 1. The van der Waals surface area contributed by atoms with Crippen LogP contribution >= 0.6 is 11.6 Å². The van der Waals surface area contributed by atoms with E-state index in [9.17, 15) is 17.6 Å². The number of nitrogens with one attached hydrogen (secondary N) is 2. The Balaban J connectivity index is 1.91. The number of sulfonamides is 1. The predicted octanol–water partition coefficient (Wildman–Crippen LogP) is 2.81. The van der Waals surface area contributed by atoms with Crippen molar-refractivity contribution < 1.29 is 27.1 Å². The lowest BCUT2D eigenvalue weighted by molar-refractivity contribution is 0.102. The number of carbonyl (C=O) groups is 1. The third-order valence-electron chi connectivity index (χ3n) is 4.18. The van der Waals surface area contributed by atoms with Gasteiger partial charge in [-0.25, -0.2) is 17.5 Å². The highest BCUT2D eigenvalue weighted by Gasteiger charge is 2.25. The van der Waals surface area contributed by atoms with Crippen LogP contribution in [0.25, 0.3) is 0 Å². The standard InChI is InChI=1S/C18H18ClFN2O5S/c1-26-16-6-5-12(28(24,25)22-11-7-8-27-10-11)9-13(16)18(23)21-17-14(19)3-2-4-15(17)20/h2-6,9,11,22H,7-8,10H2,1H3,(H,21,23)/t11-/m0/s1. The number of amides is 1. The highest BCUT2D eigenvalue weighted by atomic mass is 35.5. The SMILES string of the molecule is COc1ccc(S(=O)(=O)N[C@H]2CCOC2)cc1C(=O)Nc1c(F)cccc1Cl. The fourth-order valence-electron chi connectivity index (χ4n) is 2.74. The number of rotatable bonds is 6. The van der Waals surface area contributed by atoms with Crippen molar-refractivity contribution in [2.24, 2.45) is 0 Å². The van der Waals surface area contributed by atoms with E-state index in [4.69, 9.17) is 21.1 Å². The Hall–Kier alpha value is -2.20. The maximum Gasteiger partial charge on any atom is 0.259 e. The Bertz CT molecular complexity index is 973. The van der Waals surface area contributed by atoms with Crippen LogP contribution in [0.1, 0.15) is 16.8 Å². The Morgan fingerprint density at radius 3 is 2.75 bits per heavy atom. The lowest BCUT2D eigenvalue weighted by Crippen LogP contribution is -2.35. The minimum atomic E-state index is -3.88. The highest BCUT2D eigenvalue weighted by molar-refractivity contribution is 7.89. The third kappa shape index (κ3) is 4.44. The Morgan fingerprint density at radius 1 is 1.32 bits per heavy atom. The fourth-order valence-corrected chi connectivity index (χ4v) is 4.24. The van der Waals surface area contributed by atoms with Gasteiger partial charge in [0.05, 0.1) is 34.9 Å². The van der Waals surface area contributed by atoms with Crippen molar-refractivity contribution in [1.29, 1.82) is 0 Å². The first-order chi connectivity index (χ1) is 13.3. The zero-order valence-electron chi connectivity index (χ0n) is 14.9. The van der Waals surface area contributed by atoms with E-state index in [2.05, 4.69) is 10.0 Å². The van der Waals surface area contributed by atoms with E-state index in [0.717, 1.165) is 6.07 Å². The molecule has 0 saturated carbocycles. The smallest absolute Gasteiger partial charge is 0.259 e. The summed E-state index contributed by atoms with van der Waals surface area (Å²) in [5, 5.41) is 2.37. The van der Waals surface area contributed by atoms with Crippen molar-refractivity contribution in [2.45, 2.75) is 17.4 Å². The summed E-state index contributed by atoms with van der Waals surface area (Å²) in [4.78, 5) is 12.5. The van der Waals surface area contributed by atoms with Gasteiger partial charge in [-0.2, -0.15) is 0 Å². The summed E-state index contributed by atoms with van der Waals surface area (Å²) in [6.45, 7) is 0.765. The van der Waals surface area contributed by atoms with Crippen LogP contribution in [-0.4, -0.2) is 40.7 Å². The molecule has 1 aliphatic heterocycles. The topological polar surface area (TPSA) is 93.7 Å². The molecule has 1 aliphatic rings. The number of carbonyl (C=O) groups excluding carboxylic acids is 1. The molecule has 7 nitrogen and oxygen atoms in total. The average molecular weight is 429 g/mol. The molecule has 2 aromatic carbocycles. The van der Waals surface area contributed by atoms with Crippen molar-refractivity contribution in [2.75, 3.05) is 25.6 Å². The molecule has 0 radical (unpaired) electrons. The van der Waals surface area contributed by atoms with Gasteiger partial charge < -0.3 is 14.8 Å². The normalized spacial score (nSPS) is 16.8. The second-order valence-corrected chi connectivity index (χ2v) is 8.22. The van der Waals surface area contributed by atoms with Crippen LogP contribution in [0, 0.1) is 5.82 Å². The number of benzene rings is 2. The van der Waals surface area contributed by atoms with E-state index in [0.29, 0.717) is 13.0 Å². The molecule has 2 aromatic rings. The maximum absolute atomic E-state index is 14.0. The molecular formula is C18H18ClFN2O5S. The Morgan fingerprint density at radius 2 is 2.11 bits per heavy atom. The highest BCUT2D eigenvalue weighted by Crippen LogP contribution is 2.28. The van der Waals surface area contributed by atoms with E-state index in [1.165, 1.54) is 37.4 Å². The number of hydrogen-bond acceptors (Lipinski definition) is 5. The lowest BCUT2D eigenvalue weighted by Gasteiger charge is -2.15. The van der Waals surface area contributed by atoms with Crippen LogP contribution in [0.3, 0.4) is 0 Å². The molecule has 0 bridgehead atoms. The van der Waals surface area contributed by atoms with Crippen LogP contribution < -0.4 is 14.8 Å². The van der Waals surface area contributed by atoms with Crippen LogP contribution in [-0.2, 0) is 14.8 Å². The molecule has 3 rings (SSSR count). The second-order valence-electron chi connectivity index (χ2n) is 6.09. The van der Waals surface area contributed by atoms with Crippen molar-refractivity contribution in [3.63, 3.8) is 0 Å². The zero-order valence-corrected chi connectivity index (χ0v) is 16.4. The van der Waals surface area contributed by atoms with E-state index in [1.54, 1.807) is 0 Å². The van der Waals surface area contributed by atoms with E-state index >= 15 is 0 Å². The molecule has 1 amide bonds. The largest absolute Gasteiger partial charge is 0.496 e. The molecule has 1 fully saturated rings. The van der Waals surface area contributed by atoms with Crippen LogP contribution in [0.2, 0.25) is 5.02 Å². The van der Waals surface area contributed by atoms with Crippen LogP contribution in [0.15, 0.2) is 41.3 Å². The van der Waals surface area contributed by atoms with E-state index in [1.807, 2.05) is 0 Å². The van der Waals surface area contributed by atoms with Gasteiger partial charge >= 0.3 is 0 Å². The van der Waals surface area contributed by atoms with Gasteiger partial charge in [0.1, 0.15) is 11.6 Å². The number of ether oxygens (including phenoxy) is 2. The predicted molar refractivity (Wildman–Crippen MR) is 102 cm³/mol. The number of halogens is 2. The zero-order chi connectivity index (χ0) is 20.3. The lowest BCUT2D eigenvalue weighted by atomic mass is 10.1. The van der Waals surface area contributed by atoms with Gasteiger partial charge in [-0.05, 0) is 36.8 Å². The van der Waals surface area contributed by atoms with Gasteiger partial charge in [-0.1, -0.05) is 17.7 Å². The summed E-state index contributed by atoms with van der Waals surface area (Å²) < 4.78 is 52.0. The van der Waals surface area contributed by atoms with Crippen molar-refractivity contribution in [3.8, 4) is 5.75 Å². The first-order valence-corrected chi connectivity index (χ1v) is 10.2. The summed E-state index contributed by atoms with van der Waals surface area (Å²) in [7, 11) is -2.54. The summed E-state index contributed by atoms with van der Waals surface area (Å²) in [6.07, 6.45) is 0.564. The molecule has 1 saturated heterocycles. The fraction of sp³-hybridized carbons (Fsp3) is 0.278. The molecule has 0 aromatic heterocycles. The van der Waals surface area contributed by atoms with Gasteiger partial charge in [0, 0.05) is 12.6 Å². The van der Waals surface area contributed by atoms with Gasteiger partial charge in [-0.15, -0.1) is 0 Å². The molecule has 1 atom stereocenters. The Labute approximate surface area is 166 Å². The summed E-state index contributed by atoms with van der Waals surface area (Å²) in [5.74, 6) is -1.34. The van der Waals surface area contributed by atoms with Gasteiger partial charge in [-0.3, -0.25) is 4.79 Å². The first-order valence-electron chi connectivity index (χ1n) is 8.35. The molecule has 150 valence electrons. The van der Waals surface area contributed by atoms with Crippen molar-refractivity contribution >= 4 is 33.2 Å². The molecule has 28 heavy (non-hydrogen) atoms. The maximum atomic E-state index is 14.0. The van der Waals surface area contributed by atoms with Crippen LogP contribution in [0.4, 0.5) is 10.1 Å². The minimum Gasteiger partial charge on any atom is -0.496 e. The van der Waals surface area contributed by atoms with Crippen LogP contribution in [0.5, 0.6) is 5.75 Å². The van der Waals surface area contributed by atoms with Gasteiger partial charge in [0.15, 0.2) is 0 Å². The summed E-state index contributed by atoms with van der Waals surface area (Å²) >= 11 is 5.93. The molecule has 1 heterocycles. The summed E-state index contributed by atoms with van der Waals surface area (Å²) in [5.41, 5.74) is -0.280. The van der Waals surface area contributed by atoms with Crippen molar-refractivity contribution in [3.05, 3.63) is 52.8 Å². The molecular weight excluding hydrogens is 411 g/mol. The molecule has 0 aliphatic carbocycles. The van der Waals surface area contributed by atoms with Crippen molar-refractivity contribution in [1.82, 2.24) is 4.72 Å².